The smallest absolute Gasteiger partial charge is 0.184 e. The quantitative estimate of drug-likeness (QED) is 0.660. The van der Waals surface area contributed by atoms with Gasteiger partial charge in [-0.2, -0.15) is 5.10 Å². The summed E-state index contributed by atoms with van der Waals surface area (Å²) < 4.78 is 1.68. The average Bonchev–Trinajstić information content (AvgIpc) is 2.96. The van der Waals surface area contributed by atoms with Gasteiger partial charge in [-0.05, 0) is 18.4 Å². The number of ketones is 1. The molecule has 0 spiro atoms. The van der Waals surface area contributed by atoms with E-state index < -0.39 is 0 Å². The lowest BCUT2D eigenvalue weighted by molar-refractivity contribution is 0.0968. The molecule has 0 amide bonds. The highest BCUT2D eigenvalue weighted by molar-refractivity contribution is 5.96. The number of carbonyl (C=O) groups excluding carboxylic acids is 1. The molecule has 4 heteroatoms. The molecule has 0 N–H and O–H groups in total. The third-order valence-corrected chi connectivity index (χ3v) is 4.00. The van der Waals surface area contributed by atoms with Crippen LogP contribution in [0.15, 0.2) is 54.6 Å². The Hall–Kier alpha value is -2.75. The second-order valence-electron chi connectivity index (χ2n) is 6.21. The van der Waals surface area contributed by atoms with Gasteiger partial charge in [0.1, 0.15) is 12.4 Å². The molecule has 1 heterocycles. The molecule has 3 rings (SSSR count). The van der Waals surface area contributed by atoms with Gasteiger partial charge in [0.15, 0.2) is 11.6 Å². The summed E-state index contributed by atoms with van der Waals surface area (Å²) >= 11 is 0. The maximum absolute atomic E-state index is 12.6. The van der Waals surface area contributed by atoms with Crippen LogP contribution in [0.4, 0.5) is 0 Å². The molecule has 122 valence electrons. The van der Waals surface area contributed by atoms with E-state index in [9.17, 15) is 4.79 Å². The molecule has 0 aliphatic rings. The Balaban J connectivity index is 1.85. The van der Waals surface area contributed by atoms with Crippen LogP contribution in [-0.2, 0) is 6.54 Å². The molecule has 1 aromatic heterocycles. The Morgan fingerprint density at radius 2 is 1.71 bits per heavy atom. The predicted molar refractivity (Wildman–Crippen MR) is 95.1 cm³/mol. The van der Waals surface area contributed by atoms with Crippen molar-refractivity contribution >= 4 is 5.78 Å². The molecular formula is C20H21N3O. The monoisotopic (exact) mass is 319 g/mol. The molecule has 4 nitrogen and oxygen atoms in total. The third-order valence-electron chi connectivity index (χ3n) is 4.00. The summed E-state index contributed by atoms with van der Waals surface area (Å²) in [6, 6.07) is 17.6. The minimum Gasteiger partial charge on any atom is -0.292 e. The molecule has 0 unspecified atom stereocenters. The van der Waals surface area contributed by atoms with Crippen molar-refractivity contribution in [1.29, 1.82) is 0 Å². The number of benzene rings is 2. The number of rotatable bonds is 5. The van der Waals surface area contributed by atoms with Crippen LogP contribution < -0.4 is 0 Å². The fraction of sp³-hybridized carbons (Fsp3) is 0.250. The van der Waals surface area contributed by atoms with Crippen molar-refractivity contribution < 1.29 is 4.79 Å². The first-order valence-corrected chi connectivity index (χ1v) is 8.14. The van der Waals surface area contributed by atoms with Crippen LogP contribution in [0.1, 0.15) is 41.5 Å². The van der Waals surface area contributed by atoms with Crippen LogP contribution in [0.3, 0.4) is 0 Å². The van der Waals surface area contributed by atoms with Gasteiger partial charge in [-0.15, -0.1) is 0 Å². The van der Waals surface area contributed by atoms with Crippen LogP contribution >= 0.6 is 0 Å². The number of nitrogens with zero attached hydrogens (tertiary/aromatic N) is 3. The summed E-state index contributed by atoms with van der Waals surface area (Å²) in [4.78, 5) is 17.1. The Morgan fingerprint density at radius 1 is 1.04 bits per heavy atom. The van der Waals surface area contributed by atoms with Crippen LogP contribution in [0.2, 0.25) is 0 Å². The summed E-state index contributed by atoms with van der Waals surface area (Å²) in [6.45, 7) is 6.30. The van der Waals surface area contributed by atoms with E-state index in [1.807, 2.05) is 61.5 Å². The van der Waals surface area contributed by atoms with Crippen LogP contribution in [0.5, 0.6) is 0 Å². The molecule has 3 aromatic rings. The molecule has 0 saturated heterocycles. The van der Waals surface area contributed by atoms with E-state index in [0.29, 0.717) is 17.3 Å². The van der Waals surface area contributed by atoms with Crippen molar-refractivity contribution in [2.75, 3.05) is 0 Å². The number of hydrogen-bond donors (Lipinski definition) is 0. The van der Waals surface area contributed by atoms with E-state index in [1.165, 1.54) is 5.56 Å². The second-order valence-corrected chi connectivity index (χ2v) is 6.21. The largest absolute Gasteiger partial charge is 0.292 e. The van der Waals surface area contributed by atoms with E-state index in [4.69, 9.17) is 0 Å². The highest BCUT2D eigenvalue weighted by atomic mass is 16.1. The number of carbonyl (C=O) groups is 1. The lowest BCUT2D eigenvalue weighted by Crippen LogP contribution is -2.13. The van der Waals surface area contributed by atoms with E-state index in [2.05, 4.69) is 23.9 Å². The molecular weight excluding hydrogens is 298 g/mol. The lowest BCUT2D eigenvalue weighted by Gasteiger charge is -2.08. The first-order valence-electron chi connectivity index (χ1n) is 8.14. The molecule has 0 fully saturated rings. The van der Waals surface area contributed by atoms with Gasteiger partial charge in [0.05, 0.1) is 0 Å². The van der Waals surface area contributed by atoms with E-state index in [1.54, 1.807) is 4.68 Å². The number of hydrogen-bond acceptors (Lipinski definition) is 3. The molecule has 0 aliphatic carbocycles. The van der Waals surface area contributed by atoms with Crippen molar-refractivity contribution in [1.82, 2.24) is 14.8 Å². The summed E-state index contributed by atoms with van der Waals surface area (Å²) in [7, 11) is 0. The van der Waals surface area contributed by atoms with E-state index in [0.717, 1.165) is 11.4 Å². The average molecular weight is 319 g/mol. The van der Waals surface area contributed by atoms with Crippen molar-refractivity contribution in [2.24, 2.45) is 0 Å². The predicted octanol–water partition coefficient (Wildman–Crippen LogP) is 4.26. The molecule has 24 heavy (non-hydrogen) atoms. The topological polar surface area (TPSA) is 47.8 Å². The van der Waals surface area contributed by atoms with Crippen molar-refractivity contribution in [3.63, 3.8) is 0 Å². The van der Waals surface area contributed by atoms with Gasteiger partial charge in [-0.25, -0.2) is 9.67 Å². The Labute approximate surface area is 142 Å². The minimum absolute atomic E-state index is 0.0346. The summed E-state index contributed by atoms with van der Waals surface area (Å²) in [6.07, 6.45) is 0. The van der Waals surface area contributed by atoms with Crippen LogP contribution in [0, 0.1) is 6.92 Å². The maximum atomic E-state index is 12.6. The van der Waals surface area contributed by atoms with E-state index >= 15 is 0 Å². The van der Waals surface area contributed by atoms with Gasteiger partial charge >= 0.3 is 0 Å². The molecule has 0 aliphatic heterocycles. The Kier molecular flexibility index (Phi) is 4.56. The normalized spacial score (nSPS) is 11.0. The van der Waals surface area contributed by atoms with Crippen molar-refractivity contribution in [3.05, 3.63) is 71.5 Å². The van der Waals surface area contributed by atoms with Gasteiger partial charge in [0.2, 0.25) is 0 Å². The fourth-order valence-electron chi connectivity index (χ4n) is 2.65. The summed E-state index contributed by atoms with van der Waals surface area (Å²) in [5.41, 5.74) is 2.89. The Morgan fingerprint density at radius 3 is 2.33 bits per heavy atom. The van der Waals surface area contributed by atoms with Gasteiger partial charge in [-0.3, -0.25) is 4.79 Å². The molecule has 0 bridgehead atoms. The van der Waals surface area contributed by atoms with Gasteiger partial charge in [0.25, 0.3) is 0 Å². The van der Waals surface area contributed by atoms with Gasteiger partial charge in [0, 0.05) is 11.1 Å². The van der Waals surface area contributed by atoms with Crippen LogP contribution in [0.25, 0.3) is 11.4 Å². The number of aryl methyl sites for hydroxylation is 1. The molecule has 0 radical (unpaired) electrons. The second kappa shape index (κ2) is 6.79. The zero-order valence-electron chi connectivity index (χ0n) is 14.2. The molecule has 0 saturated carbocycles. The summed E-state index contributed by atoms with van der Waals surface area (Å²) in [5, 5.41) is 4.38. The van der Waals surface area contributed by atoms with Crippen LogP contribution in [-0.4, -0.2) is 20.5 Å². The van der Waals surface area contributed by atoms with Crippen molar-refractivity contribution in [3.8, 4) is 11.4 Å². The SMILES string of the molecule is Cc1nc(-c2ccccc2)n(CC(=O)c2ccc(C(C)C)cc2)n1. The zero-order chi connectivity index (χ0) is 17.1. The first-order chi connectivity index (χ1) is 11.5. The first kappa shape index (κ1) is 16.1. The highest BCUT2D eigenvalue weighted by Crippen LogP contribution is 2.18. The zero-order valence-corrected chi connectivity index (χ0v) is 14.2. The third kappa shape index (κ3) is 3.43. The molecule has 2 aromatic carbocycles. The number of aromatic nitrogens is 3. The van der Waals surface area contributed by atoms with E-state index in [-0.39, 0.29) is 12.3 Å². The lowest BCUT2D eigenvalue weighted by atomic mass is 10.0. The van der Waals surface area contributed by atoms with Gasteiger partial charge in [-0.1, -0.05) is 68.4 Å². The van der Waals surface area contributed by atoms with Gasteiger partial charge < -0.3 is 0 Å². The number of Topliss-reactive ketones (excluding diaryl/α,β-unsaturated/α-hetero) is 1. The Bertz CT molecular complexity index is 833. The standard InChI is InChI=1S/C20H21N3O/c1-14(2)16-9-11-17(12-10-16)19(24)13-23-20(21-15(3)22-23)18-7-5-4-6-8-18/h4-12,14H,13H2,1-3H3. The molecule has 0 atom stereocenters. The van der Waals surface area contributed by atoms with Crippen molar-refractivity contribution in [2.45, 2.75) is 33.2 Å². The highest BCUT2D eigenvalue weighted by Gasteiger charge is 2.14. The fourth-order valence-corrected chi connectivity index (χ4v) is 2.65. The summed E-state index contributed by atoms with van der Waals surface area (Å²) in [5.74, 6) is 1.88. The maximum Gasteiger partial charge on any atom is 0.184 e. The minimum atomic E-state index is 0.0346.